The largest absolute Gasteiger partial charge is 0.348 e. The van der Waals surface area contributed by atoms with E-state index in [0.717, 1.165) is 10.0 Å². The van der Waals surface area contributed by atoms with Gasteiger partial charge in [0.05, 0.1) is 12.6 Å². The fourth-order valence-electron chi connectivity index (χ4n) is 1.29. The summed E-state index contributed by atoms with van der Waals surface area (Å²) in [6.45, 7) is 2.32. The molecular formula is C11H15BrN2O. The summed E-state index contributed by atoms with van der Waals surface area (Å²) in [6, 6.07) is 7.97. The van der Waals surface area contributed by atoms with Crippen molar-refractivity contribution in [3.63, 3.8) is 0 Å². The molecule has 1 unspecified atom stereocenters. The van der Waals surface area contributed by atoms with Gasteiger partial charge in [-0.1, -0.05) is 28.1 Å². The summed E-state index contributed by atoms with van der Waals surface area (Å²) in [5.74, 6) is 0.00733. The smallest absolute Gasteiger partial charge is 0.234 e. The molecule has 4 heteroatoms. The van der Waals surface area contributed by atoms with E-state index in [0.29, 0.717) is 6.54 Å². The Kier molecular flexibility index (Phi) is 4.78. The number of hydrogen-bond donors (Lipinski definition) is 2. The molecule has 0 saturated heterocycles. The lowest BCUT2D eigenvalue weighted by Gasteiger charge is -2.14. The zero-order chi connectivity index (χ0) is 11.3. The van der Waals surface area contributed by atoms with Gasteiger partial charge < -0.3 is 10.6 Å². The first kappa shape index (κ1) is 12.2. The van der Waals surface area contributed by atoms with E-state index >= 15 is 0 Å². The normalized spacial score (nSPS) is 12.2. The first-order valence-electron chi connectivity index (χ1n) is 4.83. The van der Waals surface area contributed by atoms with Crippen molar-refractivity contribution in [2.75, 3.05) is 13.6 Å². The fraction of sp³-hybridized carbons (Fsp3) is 0.364. The molecule has 1 aromatic rings. The standard InChI is InChI=1S/C11H15BrN2O/c1-8(14-11(15)7-13-2)9-3-5-10(12)6-4-9/h3-6,8,13H,7H2,1-2H3,(H,14,15). The molecule has 0 fully saturated rings. The van der Waals surface area contributed by atoms with Crippen LogP contribution in [0.2, 0.25) is 0 Å². The number of halogens is 1. The number of carbonyl (C=O) groups is 1. The van der Waals surface area contributed by atoms with Crippen LogP contribution in [-0.4, -0.2) is 19.5 Å². The molecule has 0 spiro atoms. The Morgan fingerprint density at radius 2 is 2.00 bits per heavy atom. The molecule has 1 atom stereocenters. The molecule has 0 aliphatic carbocycles. The molecule has 2 N–H and O–H groups in total. The second-order valence-electron chi connectivity index (χ2n) is 3.37. The third-order valence-corrected chi connectivity index (χ3v) is 2.61. The first-order chi connectivity index (χ1) is 7.13. The van der Waals surface area contributed by atoms with Gasteiger partial charge in [-0.25, -0.2) is 0 Å². The van der Waals surface area contributed by atoms with Gasteiger partial charge >= 0.3 is 0 Å². The molecule has 1 amide bonds. The van der Waals surface area contributed by atoms with E-state index in [1.54, 1.807) is 7.05 Å². The van der Waals surface area contributed by atoms with Gasteiger partial charge in [0.25, 0.3) is 0 Å². The Bertz CT molecular complexity index is 324. The Labute approximate surface area is 98.4 Å². The van der Waals surface area contributed by atoms with Crippen LogP contribution in [-0.2, 0) is 4.79 Å². The number of carbonyl (C=O) groups excluding carboxylic acids is 1. The van der Waals surface area contributed by atoms with Gasteiger partial charge in [0.2, 0.25) is 5.91 Å². The van der Waals surface area contributed by atoms with Gasteiger partial charge in [-0.3, -0.25) is 4.79 Å². The van der Waals surface area contributed by atoms with Crippen molar-refractivity contribution in [2.24, 2.45) is 0 Å². The summed E-state index contributed by atoms with van der Waals surface area (Å²) in [5.41, 5.74) is 1.10. The summed E-state index contributed by atoms with van der Waals surface area (Å²) in [5, 5.41) is 5.71. The predicted molar refractivity (Wildman–Crippen MR) is 64.6 cm³/mol. The molecule has 15 heavy (non-hydrogen) atoms. The second-order valence-corrected chi connectivity index (χ2v) is 4.29. The Hall–Kier alpha value is -0.870. The number of rotatable bonds is 4. The SMILES string of the molecule is CNCC(=O)NC(C)c1ccc(Br)cc1. The van der Waals surface area contributed by atoms with Crippen LogP contribution in [0.15, 0.2) is 28.7 Å². The quantitative estimate of drug-likeness (QED) is 0.877. The number of amides is 1. The van der Waals surface area contributed by atoms with Crippen LogP contribution in [0.1, 0.15) is 18.5 Å². The minimum Gasteiger partial charge on any atom is -0.348 e. The van der Waals surface area contributed by atoms with Crippen molar-refractivity contribution in [1.82, 2.24) is 10.6 Å². The maximum Gasteiger partial charge on any atom is 0.234 e. The Balaban J connectivity index is 2.57. The van der Waals surface area contributed by atoms with Crippen molar-refractivity contribution < 1.29 is 4.79 Å². The second kappa shape index (κ2) is 5.88. The van der Waals surface area contributed by atoms with Crippen LogP contribution in [0.25, 0.3) is 0 Å². The summed E-state index contributed by atoms with van der Waals surface area (Å²) in [6.07, 6.45) is 0. The molecule has 3 nitrogen and oxygen atoms in total. The lowest BCUT2D eigenvalue weighted by molar-refractivity contribution is -0.120. The lowest BCUT2D eigenvalue weighted by atomic mass is 10.1. The van der Waals surface area contributed by atoms with E-state index in [4.69, 9.17) is 0 Å². The van der Waals surface area contributed by atoms with Gasteiger partial charge in [0, 0.05) is 4.47 Å². The third-order valence-electron chi connectivity index (χ3n) is 2.08. The monoisotopic (exact) mass is 270 g/mol. The highest BCUT2D eigenvalue weighted by Gasteiger charge is 2.07. The summed E-state index contributed by atoms with van der Waals surface area (Å²) >= 11 is 3.37. The van der Waals surface area contributed by atoms with Crippen LogP contribution in [0.3, 0.4) is 0 Å². The zero-order valence-corrected chi connectivity index (χ0v) is 10.5. The molecule has 0 bridgehead atoms. The van der Waals surface area contributed by atoms with Gasteiger partial charge in [0.15, 0.2) is 0 Å². The molecule has 0 aliphatic rings. The number of nitrogens with one attached hydrogen (secondary N) is 2. The van der Waals surface area contributed by atoms with Gasteiger partial charge in [0.1, 0.15) is 0 Å². The number of benzene rings is 1. The molecule has 1 aromatic carbocycles. The van der Waals surface area contributed by atoms with Crippen LogP contribution < -0.4 is 10.6 Å². The molecule has 0 heterocycles. The van der Waals surface area contributed by atoms with E-state index in [2.05, 4.69) is 26.6 Å². The Morgan fingerprint density at radius 1 is 1.40 bits per heavy atom. The van der Waals surface area contributed by atoms with Crippen LogP contribution >= 0.6 is 15.9 Å². The fourth-order valence-corrected chi connectivity index (χ4v) is 1.55. The van der Waals surface area contributed by atoms with Crippen molar-refractivity contribution in [2.45, 2.75) is 13.0 Å². The number of hydrogen-bond acceptors (Lipinski definition) is 2. The highest BCUT2D eigenvalue weighted by atomic mass is 79.9. The minimum absolute atomic E-state index is 0.00733. The maximum atomic E-state index is 11.3. The molecular weight excluding hydrogens is 256 g/mol. The average molecular weight is 271 g/mol. The summed E-state index contributed by atoms with van der Waals surface area (Å²) < 4.78 is 1.04. The highest BCUT2D eigenvalue weighted by molar-refractivity contribution is 9.10. The van der Waals surface area contributed by atoms with Crippen molar-refractivity contribution in [1.29, 1.82) is 0 Å². The first-order valence-corrected chi connectivity index (χ1v) is 5.62. The van der Waals surface area contributed by atoms with E-state index in [-0.39, 0.29) is 11.9 Å². The molecule has 1 rings (SSSR count). The van der Waals surface area contributed by atoms with Crippen LogP contribution in [0, 0.1) is 0 Å². The molecule has 0 radical (unpaired) electrons. The van der Waals surface area contributed by atoms with Crippen molar-refractivity contribution >= 4 is 21.8 Å². The molecule has 0 saturated carbocycles. The molecule has 0 aromatic heterocycles. The summed E-state index contributed by atoms with van der Waals surface area (Å²) in [7, 11) is 1.75. The summed E-state index contributed by atoms with van der Waals surface area (Å²) in [4.78, 5) is 11.3. The van der Waals surface area contributed by atoms with Gasteiger partial charge in [-0.2, -0.15) is 0 Å². The lowest BCUT2D eigenvalue weighted by Crippen LogP contribution is -2.33. The maximum absolute atomic E-state index is 11.3. The average Bonchev–Trinajstić information content (AvgIpc) is 2.18. The van der Waals surface area contributed by atoms with Crippen molar-refractivity contribution in [3.8, 4) is 0 Å². The third kappa shape index (κ3) is 4.01. The Morgan fingerprint density at radius 3 is 2.53 bits per heavy atom. The zero-order valence-electron chi connectivity index (χ0n) is 8.88. The highest BCUT2D eigenvalue weighted by Crippen LogP contribution is 2.16. The van der Waals surface area contributed by atoms with E-state index in [1.807, 2.05) is 31.2 Å². The van der Waals surface area contributed by atoms with E-state index in [1.165, 1.54) is 0 Å². The van der Waals surface area contributed by atoms with Crippen molar-refractivity contribution in [3.05, 3.63) is 34.3 Å². The van der Waals surface area contributed by atoms with Gasteiger partial charge in [-0.05, 0) is 31.7 Å². The topological polar surface area (TPSA) is 41.1 Å². The van der Waals surface area contributed by atoms with Gasteiger partial charge in [-0.15, -0.1) is 0 Å². The minimum atomic E-state index is 0.00733. The van der Waals surface area contributed by atoms with E-state index in [9.17, 15) is 4.79 Å². The molecule has 0 aliphatic heterocycles. The molecule has 82 valence electrons. The van der Waals surface area contributed by atoms with E-state index < -0.39 is 0 Å². The van der Waals surface area contributed by atoms with Crippen LogP contribution in [0.5, 0.6) is 0 Å². The number of likely N-dealkylation sites (N-methyl/N-ethyl adjacent to an activating group) is 1. The van der Waals surface area contributed by atoms with Crippen LogP contribution in [0.4, 0.5) is 0 Å². The predicted octanol–water partition coefficient (Wildman–Crippen LogP) is 1.85.